The van der Waals surface area contributed by atoms with E-state index >= 15 is 0 Å². The zero-order valence-electron chi connectivity index (χ0n) is 7.53. The molecular weight excluding hydrogens is 156 g/mol. The van der Waals surface area contributed by atoms with Crippen LogP contribution in [0.1, 0.15) is 11.1 Å². The molecule has 0 atom stereocenters. The van der Waals surface area contributed by atoms with Gasteiger partial charge >= 0.3 is 0 Å². The summed E-state index contributed by atoms with van der Waals surface area (Å²) in [5, 5.41) is 0. The summed E-state index contributed by atoms with van der Waals surface area (Å²) < 4.78 is 0. The largest absolute Gasteiger partial charge is 0.0988 e. The van der Waals surface area contributed by atoms with Crippen molar-refractivity contribution in [2.75, 3.05) is 0 Å². The molecule has 0 radical (unpaired) electrons. The standard InChI is InChI=1S/C13H12/c1-2-11-6-5-9-12-7-3-4-8-13(12)10-11/h2-9H,1,10H2. The lowest BCUT2D eigenvalue weighted by Crippen LogP contribution is -1.88. The maximum atomic E-state index is 3.80. The van der Waals surface area contributed by atoms with Gasteiger partial charge in [-0.05, 0) is 23.1 Å². The molecule has 0 amide bonds. The van der Waals surface area contributed by atoms with Gasteiger partial charge < -0.3 is 0 Å². The van der Waals surface area contributed by atoms with E-state index in [-0.39, 0.29) is 0 Å². The van der Waals surface area contributed by atoms with E-state index in [9.17, 15) is 0 Å². The van der Waals surface area contributed by atoms with Crippen LogP contribution in [-0.2, 0) is 6.42 Å². The Morgan fingerprint density at radius 3 is 2.92 bits per heavy atom. The zero-order chi connectivity index (χ0) is 9.10. The minimum atomic E-state index is 0.993. The molecule has 0 spiro atoms. The second-order valence-corrected chi connectivity index (χ2v) is 3.18. The number of hydrogen-bond acceptors (Lipinski definition) is 0. The topological polar surface area (TPSA) is 0 Å². The molecule has 0 fully saturated rings. The molecule has 2 rings (SSSR count). The van der Waals surface area contributed by atoms with Crippen molar-refractivity contribution in [1.82, 2.24) is 0 Å². The third kappa shape index (κ3) is 1.62. The maximum Gasteiger partial charge on any atom is -0.00200 e. The molecule has 64 valence electrons. The molecule has 0 bridgehead atoms. The van der Waals surface area contributed by atoms with E-state index in [4.69, 9.17) is 0 Å². The minimum Gasteiger partial charge on any atom is -0.0988 e. The number of rotatable bonds is 1. The average Bonchev–Trinajstić information content (AvgIpc) is 2.38. The van der Waals surface area contributed by atoms with E-state index in [0.717, 1.165) is 6.42 Å². The smallest absolute Gasteiger partial charge is 0.00200 e. The summed E-state index contributed by atoms with van der Waals surface area (Å²) in [5.74, 6) is 0. The molecule has 0 unspecified atom stereocenters. The first-order valence-electron chi connectivity index (χ1n) is 4.48. The van der Waals surface area contributed by atoms with E-state index in [1.54, 1.807) is 0 Å². The first-order valence-corrected chi connectivity index (χ1v) is 4.48. The Bertz CT molecular complexity index is 381. The molecule has 1 aromatic carbocycles. The highest BCUT2D eigenvalue weighted by molar-refractivity contribution is 5.59. The minimum absolute atomic E-state index is 0.993. The Morgan fingerprint density at radius 1 is 1.23 bits per heavy atom. The van der Waals surface area contributed by atoms with Crippen LogP contribution in [0.2, 0.25) is 0 Å². The fourth-order valence-corrected chi connectivity index (χ4v) is 1.55. The van der Waals surface area contributed by atoms with Gasteiger partial charge in [-0.3, -0.25) is 0 Å². The molecule has 0 heteroatoms. The SMILES string of the molecule is C=CC1=CC=Cc2ccccc2C1. The molecule has 1 aliphatic carbocycles. The first kappa shape index (κ1) is 8.06. The molecule has 1 aromatic rings. The molecule has 1 aliphatic rings. The van der Waals surface area contributed by atoms with Crippen molar-refractivity contribution in [1.29, 1.82) is 0 Å². The van der Waals surface area contributed by atoms with Crippen molar-refractivity contribution >= 4 is 6.08 Å². The Labute approximate surface area is 78.9 Å². The van der Waals surface area contributed by atoms with Crippen LogP contribution in [0.15, 0.2) is 54.6 Å². The van der Waals surface area contributed by atoms with Crippen molar-refractivity contribution in [3.05, 3.63) is 65.8 Å². The molecule has 0 saturated carbocycles. The third-order valence-electron chi connectivity index (χ3n) is 2.30. The van der Waals surface area contributed by atoms with Crippen LogP contribution in [0.25, 0.3) is 6.08 Å². The lowest BCUT2D eigenvalue weighted by Gasteiger charge is -2.03. The monoisotopic (exact) mass is 168 g/mol. The van der Waals surface area contributed by atoms with Crippen LogP contribution in [0.5, 0.6) is 0 Å². The zero-order valence-corrected chi connectivity index (χ0v) is 7.53. The Morgan fingerprint density at radius 2 is 2.08 bits per heavy atom. The van der Waals surface area contributed by atoms with Gasteiger partial charge in [0.25, 0.3) is 0 Å². The quantitative estimate of drug-likeness (QED) is 0.603. The Balaban J connectivity index is 2.45. The highest BCUT2D eigenvalue weighted by Crippen LogP contribution is 2.18. The average molecular weight is 168 g/mol. The van der Waals surface area contributed by atoms with E-state index in [2.05, 4.69) is 49.1 Å². The predicted molar refractivity (Wildman–Crippen MR) is 57.5 cm³/mol. The molecule has 0 aliphatic heterocycles. The van der Waals surface area contributed by atoms with Crippen LogP contribution in [-0.4, -0.2) is 0 Å². The van der Waals surface area contributed by atoms with Gasteiger partial charge in [0.2, 0.25) is 0 Å². The normalized spacial score (nSPS) is 14.3. The van der Waals surface area contributed by atoms with Gasteiger partial charge in [0.05, 0.1) is 0 Å². The van der Waals surface area contributed by atoms with Crippen LogP contribution < -0.4 is 0 Å². The second-order valence-electron chi connectivity index (χ2n) is 3.18. The van der Waals surface area contributed by atoms with E-state index < -0.39 is 0 Å². The van der Waals surface area contributed by atoms with Gasteiger partial charge in [-0.2, -0.15) is 0 Å². The van der Waals surface area contributed by atoms with Crippen molar-refractivity contribution < 1.29 is 0 Å². The number of benzene rings is 1. The summed E-state index contributed by atoms with van der Waals surface area (Å²) >= 11 is 0. The van der Waals surface area contributed by atoms with Crippen molar-refractivity contribution in [3.8, 4) is 0 Å². The van der Waals surface area contributed by atoms with Gasteiger partial charge in [0.15, 0.2) is 0 Å². The number of hydrogen-bond donors (Lipinski definition) is 0. The molecule has 0 N–H and O–H groups in total. The summed E-state index contributed by atoms with van der Waals surface area (Å²) in [7, 11) is 0. The summed E-state index contributed by atoms with van der Waals surface area (Å²) in [6.07, 6.45) is 9.26. The van der Waals surface area contributed by atoms with E-state index in [0.29, 0.717) is 0 Å². The summed E-state index contributed by atoms with van der Waals surface area (Å²) in [6.45, 7) is 3.80. The van der Waals surface area contributed by atoms with Gasteiger partial charge in [-0.25, -0.2) is 0 Å². The molecule has 0 heterocycles. The Kier molecular flexibility index (Phi) is 2.13. The highest BCUT2D eigenvalue weighted by Gasteiger charge is 2.02. The summed E-state index contributed by atoms with van der Waals surface area (Å²) in [5.41, 5.74) is 3.97. The fraction of sp³-hybridized carbons (Fsp3) is 0.0769. The molecule has 0 nitrogen and oxygen atoms in total. The Hall–Kier alpha value is -1.56. The second kappa shape index (κ2) is 3.44. The summed E-state index contributed by atoms with van der Waals surface area (Å²) in [4.78, 5) is 0. The number of allylic oxidation sites excluding steroid dienone is 4. The van der Waals surface area contributed by atoms with Gasteiger partial charge in [-0.1, -0.05) is 55.1 Å². The lowest BCUT2D eigenvalue weighted by atomic mass is 10.0. The van der Waals surface area contributed by atoms with Crippen molar-refractivity contribution in [3.63, 3.8) is 0 Å². The molecule has 0 aromatic heterocycles. The lowest BCUT2D eigenvalue weighted by molar-refractivity contribution is 1.20. The summed E-state index contributed by atoms with van der Waals surface area (Å²) in [6, 6.07) is 8.47. The first-order chi connectivity index (χ1) is 6.40. The third-order valence-corrected chi connectivity index (χ3v) is 2.30. The maximum absolute atomic E-state index is 3.80. The van der Waals surface area contributed by atoms with Crippen LogP contribution in [0.3, 0.4) is 0 Å². The van der Waals surface area contributed by atoms with Gasteiger partial charge in [0.1, 0.15) is 0 Å². The predicted octanol–water partition coefficient (Wildman–Crippen LogP) is 3.37. The van der Waals surface area contributed by atoms with Crippen molar-refractivity contribution in [2.24, 2.45) is 0 Å². The fourth-order valence-electron chi connectivity index (χ4n) is 1.55. The van der Waals surface area contributed by atoms with Crippen LogP contribution in [0, 0.1) is 0 Å². The van der Waals surface area contributed by atoms with E-state index in [1.807, 2.05) is 6.08 Å². The van der Waals surface area contributed by atoms with Gasteiger partial charge in [-0.15, -0.1) is 0 Å². The molecule has 13 heavy (non-hydrogen) atoms. The van der Waals surface area contributed by atoms with Crippen molar-refractivity contribution in [2.45, 2.75) is 6.42 Å². The molecule has 0 saturated heterocycles. The van der Waals surface area contributed by atoms with Crippen LogP contribution in [0.4, 0.5) is 0 Å². The van der Waals surface area contributed by atoms with Crippen LogP contribution >= 0.6 is 0 Å². The molecular formula is C13H12. The van der Waals surface area contributed by atoms with E-state index in [1.165, 1.54) is 16.7 Å². The number of fused-ring (bicyclic) bond motifs is 1. The van der Waals surface area contributed by atoms with Gasteiger partial charge in [0, 0.05) is 0 Å². The highest BCUT2D eigenvalue weighted by atomic mass is 14.1.